The maximum absolute atomic E-state index is 10.6. The van der Waals surface area contributed by atoms with Gasteiger partial charge in [0.05, 0.1) is 0 Å². The van der Waals surface area contributed by atoms with Crippen molar-refractivity contribution in [2.45, 2.75) is 19.9 Å². The summed E-state index contributed by atoms with van der Waals surface area (Å²) in [6.07, 6.45) is 0. The van der Waals surface area contributed by atoms with Crippen LogP contribution in [0.25, 0.3) is 0 Å². The SMILES string of the molecule is CC(=O)Oc1cccc([C@@H](C)N)c1.Cl. The van der Waals surface area contributed by atoms with Crippen LogP contribution >= 0.6 is 12.4 Å². The Kier molecular flexibility index (Phi) is 5.20. The Hall–Kier alpha value is -1.06. The van der Waals surface area contributed by atoms with E-state index >= 15 is 0 Å². The van der Waals surface area contributed by atoms with Gasteiger partial charge in [0.25, 0.3) is 0 Å². The van der Waals surface area contributed by atoms with Crippen LogP contribution in [0.5, 0.6) is 5.75 Å². The number of benzene rings is 1. The molecule has 0 saturated heterocycles. The van der Waals surface area contributed by atoms with E-state index in [9.17, 15) is 4.79 Å². The Balaban J connectivity index is 0.00000169. The van der Waals surface area contributed by atoms with Crippen LogP contribution in [-0.2, 0) is 4.79 Å². The van der Waals surface area contributed by atoms with Crippen molar-refractivity contribution >= 4 is 18.4 Å². The molecule has 0 fully saturated rings. The molecule has 0 heterocycles. The van der Waals surface area contributed by atoms with Gasteiger partial charge in [0.1, 0.15) is 5.75 Å². The molecule has 0 radical (unpaired) electrons. The van der Waals surface area contributed by atoms with Gasteiger partial charge in [-0.1, -0.05) is 12.1 Å². The molecule has 78 valence electrons. The fourth-order valence-electron chi connectivity index (χ4n) is 1.03. The van der Waals surface area contributed by atoms with Crippen molar-refractivity contribution in [2.24, 2.45) is 5.73 Å². The fourth-order valence-corrected chi connectivity index (χ4v) is 1.03. The Bertz CT molecular complexity index is 313. The van der Waals surface area contributed by atoms with Crippen LogP contribution in [0.4, 0.5) is 0 Å². The number of ether oxygens (including phenoxy) is 1. The summed E-state index contributed by atoms with van der Waals surface area (Å²) in [5.74, 6) is 0.226. The fraction of sp³-hybridized carbons (Fsp3) is 0.300. The van der Waals surface area contributed by atoms with Crippen LogP contribution in [0.1, 0.15) is 25.5 Å². The van der Waals surface area contributed by atoms with E-state index in [1.54, 1.807) is 12.1 Å². The van der Waals surface area contributed by atoms with E-state index < -0.39 is 0 Å². The standard InChI is InChI=1S/C10H13NO2.ClH/c1-7(11)9-4-3-5-10(6-9)13-8(2)12;/h3-7H,11H2,1-2H3;1H/t7-;/m1./s1. The van der Waals surface area contributed by atoms with E-state index in [0.29, 0.717) is 5.75 Å². The molecule has 1 atom stereocenters. The zero-order chi connectivity index (χ0) is 9.84. The summed E-state index contributed by atoms with van der Waals surface area (Å²) < 4.78 is 4.91. The zero-order valence-electron chi connectivity index (χ0n) is 8.19. The van der Waals surface area contributed by atoms with Crippen LogP contribution in [0.15, 0.2) is 24.3 Å². The number of carbonyl (C=O) groups excluding carboxylic acids is 1. The number of rotatable bonds is 2. The Morgan fingerprint density at radius 2 is 2.14 bits per heavy atom. The summed E-state index contributed by atoms with van der Waals surface area (Å²) in [5, 5.41) is 0. The van der Waals surface area contributed by atoms with Crippen LogP contribution in [-0.4, -0.2) is 5.97 Å². The minimum absolute atomic E-state index is 0. The Labute approximate surface area is 89.7 Å². The average Bonchev–Trinajstić information content (AvgIpc) is 2.03. The summed E-state index contributed by atoms with van der Waals surface area (Å²) in [6.45, 7) is 3.26. The summed E-state index contributed by atoms with van der Waals surface area (Å²) >= 11 is 0. The van der Waals surface area contributed by atoms with Crippen molar-refractivity contribution in [3.05, 3.63) is 29.8 Å². The van der Waals surface area contributed by atoms with Crippen LogP contribution < -0.4 is 10.5 Å². The maximum Gasteiger partial charge on any atom is 0.308 e. The molecule has 0 bridgehead atoms. The van der Waals surface area contributed by atoms with Crippen molar-refractivity contribution in [1.82, 2.24) is 0 Å². The molecule has 0 aromatic heterocycles. The van der Waals surface area contributed by atoms with Gasteiger partial charge in [-0.2, -0.15) is 0 Å². The third-order valence-corrected chi connectivity index (χ3v) is 1.65. The second-order valence-corrected chi connectivity index (χ2v) is 2.95. The number of nitrogens with two attached hydrogens (primary N) is 1. The van der Waals surface area contributed by atoms with Gasteiger partial charge in [-0.05, 0) is 24.6 Å². The predicted molar refractivity (Wildman–Crippen MR) is 57.6 cm³/mol. The highest BCUT2D eigenvalue weighted by Gasteiger charge is 2.02. The third-order valence-electron chi connectivity index (χ3n) is 1.65. The molecule has 0 spiro atoms. The quantitative estimate of drug-likeness (QED) is 0.607. The molecule has 0 aliphatic heterocycles. The van der Waals surface area contributed by atoms with Gasteiger partial charge < -0.3 is 10.5 Å². The lowest BCUT2D eigenvalue weighted by Crippen LogP contribution is -2.06. The second kappa shape index (κ2) is 5.62. The minimum atomic E-state index is -0.318. The third kappa shape index (κ3) is 3.77. The van der Waals surface area contributed by atoms with Gasteiger partial charge >= 0.3 is 5.97 Å². The number of carbonyl (C=O) groups is 1. The molecule has 0 saturated carbocycles. The monoisotopic (exact) mass is 215 g/mol. The first kappa shape index (κ1) is 12.9. The van der Waals surface area contributed by atoms with Gasteiger partial charge in [-0.25, -0.2) is 0 Å². The Morgan fingerprint density at radius 1 is 1.50 bits per heavy atom. The highest BCUT2D eigenvalue weighted by Crippen LogP contribution is 2.17. The normalized spacial score (nSPS) is 11.4. The topological polar surface area (TPSA) is 52.3 Å². The van der Waals surface area contributed by atoms with Crippen LogP contribution in [0, 0.1) is 0 Å². The molecule has 2 N–H and O–H groups in total. The van der Waals surface area contributed by atoms with E-state index in [-0.39, 0.29) is 24.4 Å². The smallest absolute Gasteiger partial charge is 0.308 e. The van der Waals surface area contributed by atoms with E-state index in [1.807, 2.05) is 19.1 Å². The maximum atomic E-state index is 10.6. The molecule has 0 amide bonds. The lowest BCUT2D eigenvalue weighted by molar-refractivity contribution is -0.131. The highest BCUT2D eigenvalue weighted by atomic mass is 35.5. The van der Waals surface area contributed by atoms with Gasteiger partial charge in [0.2, 0.25) is 0 Å². The molecule has 1 aromatic carbocycles. The largest absolute Gasteiger partial charge is 0.427 e. The molecular formula is C10H14ClNO2. The summed E-state index contributed by atoms with van der Waals surface area (Å²) in [7, 11) is 0. The first-order valence-electron chi connectivity index (χ1n) is 4.13. The van der Waals surface area contributed by atoms with Gasteiger partial charge in [-0.15, -0.1) is 12.4 Å². The van der Waals surface area contributed by atoms with Gasteiger partial charge in [-0.3, -0.25) is 4.79 Å². The number of esters is 1. The van der Waals surface area contributed by atoms with Crippen molar-refractivity contribution in [2.75, 3.05) is 0 Å². The molecule has 1 rings (SSSR count). The zero-order valence-corrected chi connectivity index (χ0v) is 9.01. The molecule has 4 heteroatoms. The van der Waals surface area contributed by atoms with Crippen LogP contribution in [0.3, 0.4) is 0 Å². The molecule has 0 aliphatic rings. The summed E-state index contributed by atoms with van der Waals surface area (Å²) in [5.41, 5.74) is 6.63. The lowest BCUT2D eigenvalue weighted by atomic mass is 10.1. The van der Waals surface area contributed by atoms with E-state index in [2.05, 4.69) is 0 Å². The molecule has 14 heavy (non-hydrogen) atoms. The lowest BCUT2D eigenvalue weighted by Gasteiger charge is -2.07. The van der Waals surface area contributed by atoms with Gasteiger partial charge in [0, 0.05) is 13.0 Å². The van der Waals surface area contributed by atoms with E-state index in [0.717, 1.165) is 5.56 Å². The van der Waals surface area contributed by atoms with E-state index in [4.69, 9.17) is 10.5 Å². The molecule has 0 aliphatic carbocycles. The predicted octanol–water partition coefficient (Wildman–Crippen LogP) is 2.05. The Morgan fingerprint density at radius 3 is 2.64 bits per heavy atom. The minimum Gasteiger partial charge on any atom is -0.427 e. The van der Waals surface area contributed by atoms with Crippen LogP contribution in [0.2, 0.25) is 0 Å². The number of halogens is 1. The molecular weight excluding hydrogens is 202 g/mol. The summed E-state index contributed by atoms with van der Waals surface area (Å²) in [6, 6.07) is 7.17. The second-order valence-electron chi connectivity index (χ2n) is 2.95. The average molecular weight is 216 g/mol. The number of hydrogen-bond acceptors (Lipinski definition) is 3. The molecule has 0 unspecified atom stereocenters. The summed E-state index contributed by atoms with van der Waals surface area (Å²) in [4.78, 5) is 10.6. The van der Waals surface area contributed by atoms with Crippen molar-refractivity contribution in [3.63, 3.8) is 0 Å². The van der Waals surface area contributed by atoms with E-state index in [1.165, 1.54) is 6.92 Å². The van der Waals surface area contributed by atoms with Crippen molar-refractivity contribution < 1.29 is 9.53 Å². The first-order chi connectivity index (χ1) is 6.09. The van der Waals surface area contributed by atoms with Crippen molar-refractivity contribution in [3.8, 4) is 5.75 Å². The first-order valence-corrected chi connectivity index (χ1v) is 4.13. The molecule has 1 aromatic rings. The highest BCUT2D eigenvalue weighted by molar-refractivity contribution is 5.85. The van der Waals surface area contributed by atoms with Crippen molar-refractivity contribution in [1.29, 1.82) is 0 Å². The van der Waals surface area contributed by atoms with Gasteiger partial charge in [0.15, 0.2) is 0 Å². The number of hydrogen-bond donors (Lipinski definition) is 1. The molecule has 3 nitrogen and oxygen atoms in total.